The van der Waals surface area contributed by atoms with Crippen molar-refractivity contribution in [2.24, 2.45) is 0 Å². The van der Waals surface area contributed by atoms with Gasteiger partial charge in [-0.3, -0.25) is 0 Å². The van der Waals surface area contributed by atoms with Crippen molar-refractivity contribution in [3.63, 3.8) is 0 Å². The van der Waals surface area contributed by atoms with Gasteiger partial charge in [0.25, 0.3) is 0 Å². The van der Waals surface area contributed by atoms with E-state index in [-0.39, 0.29) is 0 Å². The van der Waals surface area contributed by atoms with Crippen LogP contribution in [-0.4, -0.2) is 6.54 Å². The SMILES string of the molecule is C=CCc1ccccc1Oc1ccc(CNCC)cc1. The van der Waals surface area contributed by atoms with Crippen molar-refractivity contribution in [1.29, 1.82) is 0 Å². The Morgan fingerprint density at radius 2 is 1.85 bits per heavy atom. The van der Waals surface area contributed by atoms with Crippen LogP contribution >= 0.6 is 0 Å². The Morgan fingerprint density at radius 1 is 1.10 bits per heavy atom. The molecular formula is C18H21NO. The van der Waals surface area contributed by atoms with Crippen LogP contribution in [0.1, 0.15) is 18.1 Å². The molecule has 0 unspecified atom stereocenters. The second-order valence-corrected chi connectivity index (χ2v) is 4.63. The van der Waals surface area contributed by atoms with Crippen LogP contribution < -0.4 is 10.1 Å². The van der Waals surface area contributed by atoms with Crippen LogP contribution in [0.3, 0.4) is 0 Å². The Labute approximate surface area is 121 Å². The lowest BCUT2D eigenvalue weighted by Gasteiger charge is -2.10. The zero-order valence-corrected chi connectivity index (χ0v) is 11.9. The molecule has 2 aromatic rings. The number of ether oxygens (including phenoxy) is 1. The third kappa shape index (κ3) is 3.97. The van der Waals surface area contributed by atoms with Crippen molar-refractivity contribution < 1.29 is 4.74 Å². The average molecular weight is 267 g/mol. The van der Waals surface area contributed by atoms with Crippen molar-refractivity contribution in [1.82, 2.24) is 5.32 Å². The first-order chi connectivity index (χ1) is 9.83. The highest BCUT2D eigenvalue weighted by Gasteiger charge is 2.03. The first-order valence-corrected chi connectivity index (χ1v) is 6.99. The van der Waals surface area contributed by atoms with Crippen molar-refractivity contribution in [3.8, 4) is 11.5 Å². The summed E-state index contributed by atoms with van der Waals surface area (Å²) in [6.45, 7) is 7.76. The lowest BCUT2D eigenvalue weighted by atomic mass is 10.1. The Morgan fingerprint density at radius 3 is 2.55 bits per heavy atom. The summed E-state index contributed by atoms with van der Waals surface area (Å²) in [5, 5.41) is 3.31. The molecule has 0 saturated carbocycles. The van der Waals surface area contributed by atoms with Gasteiger partial charge >= 0.3 is 0 Å². The Kier molecular flexibility index (Phi) is 5.39. The minimum atomic E-state index is 0.814. The van der Waals surface area contributed by atoms with Crippen molar-refractivity contribution in [3.05, 3.63) is 72.3 Å². The van der Waals surface area contributed by atoms with Crippen LogP contribution in [0.15, 0.2) is 61.2 Å². The molecule has 0 amide bonds. The third-order valence-electron chi connectivity index (χ3n) is 3.07. The summed E-state index contributed by atoms with van der Waals surface area (Å²) >= 11 is 0. The summed E-state index contributed by atoms with van der Waals surface area (Å²) < 4.78 is 5.95. The van der Waals surface area contributed by atoms with Crippen molar-refractivity contribution in [2.75, 3.05) is 6.54 Å². The summed E-state index contributed by atoms with van der Waals surface area (Å²) in [7, 11) is 0. The number of nitrogens with one attached hydrogen (secondary N) is 1. The molecule has 0 fully saturated rings. The monoisotopic (exact) mass is 267 g/mol. The molecule has 2 nitrogen and oxygen atoms in total. The quantitative estimate of drug-likeness (QED) is 0.754. The van der Waals surface area contributed by atoms with E-state index in [2.05, 4.69) is 37.0 Å². The number of allylic oxidation sites excluding steroid dienone is 1. The van der Waals surface area contributed by atoms with Gasteiger partial charge in [0, 0.05) is 6.54 Å². The molecule has 1 N–H and O–H groups in total. The molecule has 0 radical (unpaired) electrons. The Bertz CT molecular complexity index is 546. The molecule has 104 valence electrons. The predicted molar refractivity (Wildman–Crippen MR) is 84.2 cm³/mol. The maximum Gasteiger partial charge on any atom is 0.130 e. The molecule has 0 aliphatic carbocycles. The van der Waals surface area contributed by atoms with Gasteiger partial charge in [0.1, 0.15) is 11.5 Å². The average Bonchev–Trinajstić information content (AvgIpc) is 2.49. The molecule has 0 saturated heterocycles. The number of rotatable bonds is 7. The fourth-order valence-electron chi connectivity index (χ4n) is 2.00. The maximum atomic E-state index is 5.95. The van der Waals surface area contributed by atoms with Crippen LogP contribution in [-0.2, 0) is 13.0 Å². The molecule has 0 aromatic heterocycles. The van der Waals surface area contributed by atoms with Crippen molar-refractivity contribution in [2.45, 2.75) is 19.9 Å². The lowest BCUT2D eigenvalue weighted by molar-refractivity contribution is 0.477. The van der Waals surface area contributed by atoms with E-state index in [0.717, 1.165) is 36.6 Å². The Hall–Kier alpha value is -2.06. The van der Waals surface area contributed by atoms with E-state index in [1.165, 1.54) is 5.56 Å². The number of para-hydroxylation sites is 1. The summed E-state index contributed by atoms with van der Waals surface area (Å²) in [5.41, 5.74) is 2.41. The highest BCUT2D eigenvalue weighted by molar-refractivity contribution is 5.39. The van der Waals surface area contributed by atoms with Gasteiger partial charge in [-0.05, 0) is 42.3 Å². The normalized spacial score (nSPS) is 10.2. The largest absolute Gasteiger partial charge is 0.457 e. The molecule has 2 rings (SSSR count). The van der Waals surface area contributed by atoms with Crippen LogP contribution in [0, 0.1) is 0 Å². The summed E-state index contributed by atoms with van der Waals surface area (Å²) in [4.78, 5) is 0. The molecule has 0 aliphatic rings. The maximum absolute atomic E-state index is 5.95. The van der Waals surface area contributed by atoms with Crippen molar-refractivity contribution >= 4 is 0 Å². The zero-order chi connectivity index (χ0) is 14.2. The molecule has 2 heteroatoms. The minimum Gasteiger partial charge on any atom is -0.457 e. The number of hydrogen-bond donors (Lipinski definition) is 1. The molecule has 0 heterocycles. The first kappa shape index (κ1) is 14.4. The van der Waals surface area contributed by atoms with E-state index in [1.807, 2.05) is 36.4 Å². The van der Waals surface area contributed by atoms with Gasteiger partial charge in [0.2, 0.25) is 0 Å². The molecule has 0 atom stereocenters. The minimum absolute atomic E-state index is 0.814. The standard InChI is InChI=1S/C18H21NO/c1-3-7-16-8-5-6-9-18(16)20-17-12-10-15(11-13-17)14-19-4-2/h3,5-6,8-13,19H,1,4,7,14H2,2H3. The van der Waals surface area contributed by atoms with Crippen LogP contribution in [0.25, 0.3) is 0 Å². The molecule has 2 aromatic carbocycles. The highest BCUT2D eigenvalue weighted by atomic mass is 16.5. The summed E-state index contributed by atoms with van der Waals surface area (Å²) in [5.74, 6) is 1.76. The highest BCUT2D eigenvalue weighted by Crippen LogP contribution is 2.26. The predicted octanol–water partition coefficient (Wildman–Crippen LogP) is 4.32. The second-order valence-electron chi connectivity index (χ2n) is 4.63. The lowest BCUT2D eigenvalue weighted by Crippen LogP contribution is -2.11. The van der Waals surface area contributed by atoms with Crippen LogP contribution in [0.5, 0.6) is 11.5 Å². The van der Waals surface area contributed by atoms with Gasteiger partial charge in [-0.25, -0.2) is 0 Å². The van der Waals surface area contributed by atoms with Gasteiger partial charge in [-0.2, -0.15) is 0 Å². The molecule has 0 bridgehead atoms. The van der Waals surface area contributed by atoms with Gasteiger partial charge in [0.05, 0.1) is 0 Å². The summed E-state index contributed by atoms with van der Waals surface area (Å²) in [6.07, 6.45) is 2.70. The van der Waals surface area contributed by atoms with E-state index in [0.29, 0.717) is 0 Å². The Balaban J connectivity index is 2.08. The zero-order valence-electron chi connectivity index (χ0n) is 11.9. The number of benzene rings is 2. The first-order valence-electron chi connectivity index (χ1n) is 6.99. The second kappa shape index (κ2) is 7.51. The van der Waals surface area contributed by atoms with Gasteiger partial charge in [-0.1, -0.05) is 43.3 Å². The fraction of sp³-hybridized carbons (Fsp3) is 0.222. The van der Waals surface area contributed by atoms with E-state index < -0.39 is 0 Å². The topological polar surface area (TPSA) is 21.3 Å². The van der Waals surface area contributed by atoms with Crippen LogP contribution in [0.4, 0.5) is 0 Å². The van der Waals surface area contributed by atoms with E-state index in [1.54, 1.807) is 0 Å². The molecule has 0 spiro atoms. The van der Waals surface area contributed by atoms with E-state index in [9.17, 15) is 0 Å². The smallest absolute Gasteiger partial charge is 0.130 e. The summed E-state index contributed by atoms with van der Waals surface area (Å²) in [6, 6.07) is 16.3. The van der Waals surface area contributed by atoms with E-state index >= 15 is 0 Å². The van der Waals surface area contributed by atoms with Gasteiger partial charge < -0.3 is 10.1 Å². The van der Waals surface area contributed by atoms with E-state index in [4.69, 9.17) is 4.74 Å². The molecular weight excluding hydrogens is 246 g/mol. The van der Waals surface area contributed by atoms with Gasteiger partial charge in [0.15, 0.2) is 0 Å². The van der Waals surface area contributed by atoms with Crippen LogP contribution in [0.2, 0.25) is 0 Å². The number of hydrogen-bond acceptors (Lipinski definition) is 2. The third-order valence-corrected chi connectivity index (χ3v) is 3.07. The molecule has 0 aliphatic heterocycles. The molecule has 20 heavy (non-hydrogen) atoms. The fourth-order valence-corrected chi connectivity index (χ4v) is 2.00. The van der Waals surface area contributed by atoms with Gasteiger partial charge in [-0.15, -0.1) is 6.58 Å².